The Balaban J connectivity index is 1.17. The number of fused-ring (bicyclic) bond motifs is 3. The number of ether oxygens (including phenoxy) is 1. The van der Waals surface area contributed by atoms with Crippen LogP contribution in [0.4, 0.5) is 24.0 Å². The second-order valence-corrected chi connectivity index (χ2v) is 16.6. The van der Waals surface area contributed by atoms with Crippen molar-refractivity contribution in [3.05, 3.63) is 58.4 Å². The summed E-state index contributed by atoms with van der Waals surface area (Å²) in [6.45, 7) is 3.02. The molecule has 0 aliphatic carbocycles. The van der Waals surface area contributed by atoms with Crippen molar-refractivity contribution in [2.45, 2.75) is 56.7 Å². The van der Waals surface area contributed by atoms with Crippen molar-refractivity contribution < 1.29 is 22.7 Å². The maximum atomic E-state index is 17.2. The first-order valence-corrected chi connectivity index (χ1v) is 19.8. The van der Waals surface area contributed by atoms with E-state index in [4.69, 9.17) is 27.1 Å². The summed E-state index contributed by atoms with van der Waals surface area (Å²) in [5.41, 5.74) is 6.55. The normalized spacial score (nSPS) is 21.7. The fourth-order valence-corrected chi connectivity index (χ4v) is 9.81. The maximum Gasteiger partial charge on any atom is 0.319 e. The Bertz CT molecular complexity index is 2350. The quantitative estimate of drug-likeness (QED) is 0.165. The lowest BCUT2D eigenvalue weighted by molar-refractivity contribution is 0.0806. The number of halogens is 4. The number of hydrogen-bond acceptors (Lipinski definition) is 11. The van der Waals surface area contributed by atoms with Gasteiger partial charge in [-0.15, -0.1) is 11.3 Å². The van der Waals surface area contributed by atoms with Crippen LogP contribution in [0.1, 0.15) is 54.6 Å². The number of likely N-dealkylation sites (N-methyl/N-ethyl adjacent to an activating group) is 1. The number of alkyl halides is 1. The highest BCUT2D eigenvalue weighted by molar-refractivity contribution is 7.23. The van der Waals surface area contributed by atoms with Gasteiger partial charge in [-0.3, -0.25) is 9.69 Å². The van der Waals surface area contributed by atoms with Gasteiger partial charge in [0.25, 0.3) is 0 Å². The molecule has 2 N–H and O–H groups in total. The summed E-state index contributed by atoms with van der Waals surface area (Å²) in [7, 11) is 3.98. The molecular formula is C39H41ClF3N9O2S. The summed E-state index contributed by atoms with van der Waals surface area (Å²) < 4.78 is 54.7. The van der Waals surface area contributed by atoms with Crippen LogP contribution in [0.15, 0.2) is 30.5 Å². The number of carbonyl (C=O) groups excluding carboxylic acids is 1. The van der Waals surface area contributed by atoms with E-state index >= 15 is 4.39 Å². The van der Waals surface area contributed by atoms with E-state index in [-0.39, 0.29) is 66.8 Å². The lowest BCUT2D eigenvalue weighted by atomic mass is 9.95. The third-order valence-electron chi connectivity index (χ3n) is 11.3. The number of thiophene rings is 1. The number of nitrogens with zero attached hydrogens (tertiary/aromatic N) is 8. The van der Waals surface area contributed by atoms with Crippen molar-refractivity contribution in [3.63, 3.8) is 0 Å². The Morgan fingerprint density at radius 1 is 1.18 bits per heavy atom. The summed E-state index contributed by atoms with van der Waals surface area (Å²) in [4.78, 5) is 29.3. The Morgan fingerprint density at radius 2 is 2.02 bits per heavy atom. The van der Waals surface area contributed by atoms with Crippen LogP contribution in [0.2, 0.25) is 5.02 Å². The van der Waals surface area contributed by atoms with Crippen molar-refractivity contribution in [2.75, 3.05) is 64.1 Å². The molecule has 55 heavy (non-hydrogen) atoms. The lowest BCUT2D eigenvalue weighted by Crippen LogP contribution is -2.43. The van der Waals surface area contributed by atoms with Gasteiger partial charge >= 0.3 is 6.01 Å². The molecule has 3 atom stereocenters. The molecule has 3 aliphatic heterocycles. The minimum absolute atomic E-state index is 0.0112. The average molecular weight is 792 g/mol. The van der Waals surface area contributed by atoms with E-state index in [1.165, 1.54) is 16.8 Å². The summed E-state index contributed by atoms with van der Waals surface area (Å²) >= 11 is 7.83. The molecular weight excluding hydrogens is 751 g/mol. The van der Waals surface area contributed by atoms with Gasteiger partial charge in [0, 0.05) is 67.5 Å². The molecule has 3 fully saturated rings. The molecule has 3 aromatic heterocycles. The van der Waals surface area contributed by atoms with E-state index in [0.29, 0.717) is 56.5 Å². The monoisotopic (exact) mass is 791 g/mol. The van der Waals surface area contributed by atoms with E-state index < -0.39 is 23.3 Å². The molecule has 288 valence electrons. The highest BCUT2D eigenvalue weighted by Gasteiger charge is 2.49. The second kappa shape index (κ2) is 14.9. The van der Waals surface area contributed by atoms with Gasteiger partial charge in [-0.2, -0.15) is 20.3 Å². The number of nitriles is 1. The largest absolute Gasteiger partial charge is 0.461 e. The van der Waals surface area contributed by atoms with E-state index in [0.717, 1.165) is 49.4 Å². The van der Waals surface area contributed by atoms with Gasteiger partial charge < -0.3 is 20.3 Å². The highest BCUT2D eigenvalue weighted by Crippen LogP contribution is 2.46. The van der Waals surface area contributed by atoms with Gasteiger partial charge in [0.15, 0.2) is 5.82 Å². The summed E-state index contributed by atoms with van der Waals surface area (Å²) in [6, 6.07) is 8.01. The van der Waals surface area contributed by atoms with Gasteiger partial charge in [-0.25, -0.2) is 17.9 Å². The van der Waals surface area contributed by atoms with Crippen LogP contribution in [0.25, 0.3) is 32.1 Å². The minimum Gasteiger partial charge on any atom is -0.461 e. The van der Waals surface area contributed by atoms with Gasteiger partial charge in [0.05, 0.1) is 26.5 Å². The third-order valence-corrected chi connectivity index (χ3v) is 12.7. The van der Waals surface area contributed by atoms with Gasteiger partial charge in [-0.1, -0.05) is 17.7 Å². The van der Waals surface area contributed by atoms with Crippen LogP contribution in [0.5, 0.6) is 6.01 Å². The number of anilines is 2. The summed E-state index contributed by atoms with van der Waals surface area (Å²) in [6.07, 6.45) is 5.30. The Morgan fingerprint density at radius 3 is 2.82 bits per heavy atom. The molecule has 6 heterocycles. The maximum absolute atomic E-state index is 17.2. The summed E-state index contributed by atoms with van der Waals surface area (Å²) in [5.74, 6) is -1.36. The lowest BCUT2D eigenvalue weighted by Gasteiger charge is -2.31. The fourth-order valence-electron chi connectivity index (χ4n) is 8.57. The molecule has 2 aromatic carbocycles. The first kappa shape index (κ1) is 37.4. The van der Waals surface area contributed by atoms with Crippen LogP contribution >= 0.6 is 22.9 Å². The molecule has 0 saturated carbocycles. The smallest absolute Gasteiger partial charge is 0.319 e. The molecule has 3 aliphatic rings. The Labute approximate surface area is 325 Å². The molecule has 3 saturated heterocycles. The van der Waals surface area contributed by atoms with Crippen LogP contribution in [-0.4, -0.2) is 101 Å². The number of aromatic nitrogens is 4. The number of carbonyl (C=O) groups is 1. The molecule has 0 spiro atoms. The van der Waals surface area contributed by atoms with Crippen molar-refractivity contribution in [1.82, 2.24) is 29.5 Å². The molecule has 0 bridgehead atoms. The molecule has 0 amide bonds. The van der Waals surface area contributed by atoms with Gasteiger partial charge in [-0.05, 0) is 76.5 Å². The molecule has 0 radical (unpaired) electrons. The van der Waals surface area contributed by atoms with Crippen molar-refractivity contribution in [3.8, 4) is 23.2 Å². The zero-order chi connectivity index (χ0) is 38.6. The third kappa shape index (κ3) is 6.87. The number of nitrogens with two attached hydrogens (primary N) is 1. The number of hydrogen-bond donors (Lipinski definition) is 1. The number of benzene rings is 2. The van der Waals surface area contributed by atoms with Crippen LogP contribution in [0, 0.1) is 28.9 Å². The van der Waals surface area contributed by atoms with Gasteiger partial charge in [0.2, 0.25) is 5.91 Å². The van der Waals surface area contributed by atoms with Crippen molar-refractivity contribution in [2.24, 2.45) is 5.92 Å². The molecule has 5 aromatic rings. The molecule has 16 heteroatoms. The fraction of sp³-hybridized carbons (Fsp3) is 0.462. The van der Waals surface area contributed by atoms with Gasteiger partial charge in [0.1, 0.15) is 41.0 Å². The standard InChI is InChI=1S/C39H41ClF3N9O2S/c1-49(2)14-9-24-10-16-52(48-24)37(53)22-5-3-12-50(15-8-22)36-26-17-28(40)31(25-6-7-29(42)34-30(25)27(19-44)35(45)55-34)32(43)33(26)46-38(47-36)54-21-39-11-4-13-51(39)20-23(41)18-39/h6-7,10,16-17,22-23H,3-5,8-9,11-15,18,20-21,45H2,1-2H3/t22?,23-,39+/m1/s1. The highest BCUT2D eigenvalue weighted by atomic mass is 35.5. The van der Waals surface area contributed by atoms with E-state index in [9.17, 15) is 18.8 Å². The zero-order valence-electron chi connectivity index (χ0n) is 30.6. The van der Waals surface area contributed by atoms with Crippen molar-refractivity contribution >= 4 is 60.7 Å². The predicted octanol–water partition coefficient (Wildman–Crippen LogP) is 7.10. The summed E-state index contributed by atoms with van der Waals surface area (Å²) in [5, 5.41) is 15.1. The Hall–Kier alpha value is -4.49. The van der Waals surface area contributed by atoms with E-state index in [2.05, 4.69) is 19.9 Å². The van der Waals surface area contributed by atoms with Crippen molar-refractivity contribution in [1.29, 1.82) is 5.26 Å². The van der Waals surface area contributed by atoms with Crippen LogP contribution < -0.4 is 15.4 Å². The second-order valence-electron chi connectivity index (χ2n) is 15.1. The first-order chi connectivity index (χ1) is 26.5. The van der Waals surface area contributed by atoms with Crippen LogP contribution in [-0.2, 0) is 6.42 Å². The predicted molar refractivity (Wildman–Crippen MR) is 208 cm³/mol. The molecule has 11 nitrogen and oxygen atoms in total. The number of rotatable bonds is 9. The number of nitrogen functional groups attached to an aromatic ring is 1. The minimum atomic E-state index is -0.963. The molecule has 8 rings (SSSR count). The topological polar surface area (TPSA) is 129 Å². The zero-order valence-corrected chi connectivity index (χ0v) is 32.2. The van der Waals surface area contributed by atoms with E-state index in [1.807, 2.05) is 31.1 Å². The average Bonchev–Trinajstić information content (AvgIpc) is 3.89. The molecule has 1 unspecified atom stereocenters. The first-order valence-electron chi connectivity index (χ1n) is 18.6. The Kier molecular flexibility index (Phi) is 10.1. The van der Waals surface area contributed by atoms with E-state index in [1.54, 1.807) is 12.3 Å². The SMILES string of the molecule is CN(C)CCc1ccn(C(=O)C2CCCN(c3nc(OC[C@@]45CCCN4C[C@H](F)C5)nc4c(F)c(-c5ccc(F)c6sc(N)c(C#N)c56)c(Cl)cc34)CC2)n1. The van der Waals surface area contributed by atoms with Crippen LogP contribution in [0.3, 0.4) is 0 Å².